The van der Waals surface area contributed by atoms with Crippen molar-refractivity contribution in [3.8, 4) is 0 Å². The number of hydrogen-bond acceptors (Lipinski definition) is 4. The van der Waals surface area contributed by atoms with Crippen LogP contribution in [0.3, 0.4) is 0 Å². The van der Waals surface area contributed by atoms with Crippen molar-refractivity contribution in [3.63, 3.8) is 0 Å². The summed E-state index contributed by atoms with van der Waals surface area (Å²) in [6, 6.07) is 9.03. The van der Waals surface area contributed by atoms with Crippen molar-refractivity contribution < 1.29 is 27.6 Å². The van der Waals surface area contributed by atoms with Crippen molar-refractivity contribution in [2.45, 2.75) is 17.6 Å². The molecule has 1 aliphatic rings. The summed E-state index contributed by atoms with van der Waals surface area (Å²) in [6.07, 6.45) is -4.52. The predicted octanol–water partition coefficient (Wildman–Crippen LogP) is 4.96. The number of carbonyl (C=O) groups excluding carboxylic acids is 2. The third kappa shape index (κ3) is 4.66. The molecule has 0 aromatic heterocycles. The van der Waals surface area contributed by atoms with E-state index in [0.29, 0.717) is 5.69 Å². The van der Waals surface area contributed by atoms with Crippen LogP contribution in [0.25, 0.3) is 0 Å². The molecule has 0 unspecified atom stereocenters. The molecule has 0 saturated carbocycles. The lowest BCUT2D eigenvalue weighted by molar-refractivity contribution is -0.141. The van der Waals surface area contributed by atoms with E-state index in [1.807, 2.05) is 0 Å². The van der Waals surface area contributed by atoms with Crippen molar-refractivity contribution in [1.82, 2.24) is 0 Å². The summed E-state index contributed by atoms with van der Waals surface area (Å²) in [5.41, 5.74) is -0.246. The summed E-state index contributed by atoms with van der Waals surface area (Å²) in [4.78, 5) is 28.5. The minimum atomic E-state index is -4.52. The average Bonchev–Trinajstić information content (AvgIpc) is 2.90. The minimum absolute atomic E-state index is 0.169. The summed E-state index contributed by atoms with van der Waals surface area (Å²) in [5, 5.41) is 3.81. The second kappa shape index (κ2) is 8.22. The van der Waals surface area contributed by atoms with Gasteiger partial charge in [-0.1, -0.05) is 52.1 Å². The van der Waals surface area contributed by atoms with Gasteiger partial charge in [-0.25, -0.2) is 4.79 Å². The van der Waals surface area contributed by atoms with E-state index in [0.717, 1.165) is 12.1 Å². The van der Waals surface area contributed by atoms with Crippen LogP contribution in [0.2, 0.25) is 5.02 Å². The van der Waals surface area contributed by atoms with E-state index in [2.05, 4.69) is 9.99 Å². The topological polar surface area (TPSA) is 59.0 Å². The first kappa shape index (κ1) is 21.4. The first-order valence-electron chi connectivity index (χ1n) is 7.93. The zero-order valence-corrected chi connectivity index (χ0v) is 16.5. The van der Waals surface area contributed by atoms with Gasteiger partial charge in [0.05, 0.1) is 17.8 Å². The van der Waals surface area contributed by atoms with Gasteiger partial charge in [0.2, 0.25) is 4.84 Å². The first-order valence-corrected chi connectivity index (χ1v) is 9.18. The molecule has 2 aromatic rings. The maximum atomic E-state index is 13.0. The fourth-order valence-electron chi connectivity index (χ4n) is 2.69. The van der Waals surface area contributed by atoms with Crippen LogP contribution in [0, 0.1) is 0 Å². The Kier molecular flexibility index (Phi) is 6.07. The summed E-state index contributed by atoms with van der Waals surface area (Å²) >= 11 is 16.7. The zero-order valence-electron chi connectivity index (χ0n) is 14.2. The van der Waals surface area contributed by atoms with Crippen LogP contribution in [-0.4, -0.2) is 22.4 Å². The molecule has 0 radical (unpaired) electrons. The quantitative estimate of drug-likeness (QED) is 0.364. The molecule has 0 fully saturated rings. The molecule has 1 amide bonds. The van der Waals surface area contributed by atoms with Gasteiger partial charge in [-0.3, -0.25) is 4.79 Å². The maximum absolute atomic E-state index is 13.0. The third-order valence-corrected chi connectivity index (χ3v) is 4.54. The average molecular weight is 466 g/mol. The van der Waals surface area contributed by atoms with Crippen LogP contribution in [0.1, 0.15) is 16.7 Å². The lowest BCUT2D eigenvalue weighted by Gasteiger charge is -2.18. The number of anilines is 1. The van der Waals surface area contributed by atoms with Crippen LogP contribution >= 0.6 is 34.8 Å². The van der Waals surface area contributed by atoms with Gasteiger partial charge in [-0.15, -0.1) is 0 Å². The molecule has 2 aromatic carbocycles. The van der Waals surface area contributed by atoms with Crippen molar-refractivity contribution >= 4 is 58.1 Å². The van der Waals surface area contributed by atoms with E-state index in [9.17, 15) is 22.8 Å². The molecule has 29 heavy (non-hydrogen) atoms. The minimum Gasteiger partial charge on any atom is -0.314 e. The fraction of sp³-hybridized carbons (Fsp3) is 0.167. The number of hydrogen-bond donors (Lipinski definition) is 0. The SMILES string of the molecule is O=C(O/N=C1/C(=O)N(Cc2cccc(C(F)(F)F)c2)c2ccc(Cl)cc21)C(Cl)Cl. The standard InChI is InChI=1S/C18H10Cl3F3N2O3/c19-11-4-5-13-12(7-11)14(25-29-17(28)15(20)21)16(27)26(13)8-9-2-1-3-10(6-9)18(22,23)24/h1-7,15H,8H2/b25-14+. The van der Waals surface area contributed by atoms with Gasteiger partial charge < -0.3 is 9.74 Å². The molecule has 0 saturated heterocycles. The van der Waals surface area contributed by atoms with E-state index in [1.165, 1.54) is 35.2 Å². The summed E-state index contributed by atoms with van der Waals surface area (Å²) in [6.45, 7) is -0.169. The van der Waals surface area contributed by atoms with Crippen LogP contribution in [-0.2, 0) is 27.1 Å². The lowest BCUT2D eigenvalue weighted by Crippen LogP contribution is -2.30. The molecule has 0 N–H and O–H groups in total. The fourth-order valence-corrected chi connectivity index (χ4v) is 2.94. The molecular formula is C18H10Cl3F3N2O3. The number of benzene rings is 2. The number of alkyl halides is 5. The van der Waals surface area contributed by atoms with Crippen molar-refractivity contribution in [2.75, 3.05) is 4.90 Å². The van der Waals surface area contributed by atoms with Gasteiger partial charge in [-0.05, 0) is 35.9 Å². The van der Waals surface area contributed by atoms with Gasteiger partial charge in [-0.2, -0.15) is 13.2 Å². The highest BCUT2D eigenvalue weighted by atomic mass is 35.5. The molecule has 1 aliphatic heterocycles. The lowest BCUT2D eigenvalue weighted by atomic mass is 10.1. The van der Waals surface area contributed by atoms with Crippen molar-refractivity contribution in [1.29, 1.82) is 0 Å². The highest BCUT2D eigenvalue weighted by Crippen LogP contribution is 2.34. The smallest absolute Gasteiger partial charge is 0.314 e. The van der Waals surface area contributed by atoms with Crippen LogP contribution in [0.4, 0.5) is 18.9 Å². The molecule has 1 heterocycles. The highest BCUT2D eigenvalue weighted by molar-refractivity contribution is 6.55. The van der Waals surface area contributed by atoms with Crippen molar-refractivity contribution in [3.05, 3.63) is 64.2 Å². The van der Waals surface area contributed by atoms with Gasteiger partial charge in [0, 0.05) is 10.6 Å². The maximum Gasteiger partial charge on any atom is 0.416 e. The second-order valence-electron chi connectivity index (χ2n) is 5.90. The number of carbonyl (C=O) groups is 2. The Morgan fingerprint density at radius 2 is 1.90 bits per heavy atom. The predicted molar refractivity (Wildman–Crippen MR) is 102 cm³/mol. The molecule has 0 aliphatic carbocycles. The van der Waals surface area contributed by atoms with E-state index in [-0.39, 0.29) is 28.4 Å². The number of oxime groups is 1. The van der Waals surface area contributed by atoms with Crippen LogP contribution < -0.4 is 4.90 Å². The van der Waals surface area contributed by atoms with E-state index < -0.39 is 28.5 Å². The zero-order chi connectivity index (χ0) is 21.3. The number of nitrogens with zero attached hydrogens (tertiary/aromatic N) is 2. The van der Waals surface area contributed by atoms with Gasteiger partial charge in [0.25, 0.3) is 5.91 Å². The van der Waals surface area contributed by atoms with E-state index in [4.69, 9.17) is 34.8 Å². The largest absolute Gasteiger partial charge is 0.416 e. The van der Waals surface area contributed by atoms with Gasteiger partial charge in [0.15, 0.2) is 5.71 Å². The molecule has 5 nitrogen and oxygen atoms in total. The number of halogens is 6. The molecule has 0 bridgehead atoms. The molecule has 0 atom stereocenters. The Balaban J connectivity index is 1.96. The normalized spacial score (nSPS) is 15.2. The molecular weight excluding hydrogens is 456 g/mol. The Hall–Kier alpha value is -2.29. The molecule has 152 valence electrons. The van der Waals surface area contributed by atoms with Crippen LogP contribution in [0.15, 0.2) is 47.6 Å². The Morgan fingerprint density at radius 3 is 2.55 bits per heavy atom. The van der Waals surface area contributed by atoms with Crippen LogP contribution in [0.5, 0.6) is 0 Å². The number of rotatable bonds is 4. The second-order valence-corrected chi connectivity index (χ2v) is 7.43. The Labute approximate surface area is 177 Å². The van der Waals surface area contributed by atoms with Gasteiger partial charge in [0.1, 0.15) is 0 Å². The van der Waals surface area contributed by atoms with E-state index >= 15 is 0 Å². The van der Waals surface area contributed by atoms with Crippen molar-refractivity contribution in [2.24, 2.45) is 5.16 Å². The summed E-state index contributed by atoms with van der Waals surface area (Å²) in [5.74, 6) is -1.78. The van der Waals surface area contributed by atoms with E-state index in [1.54, 1.807) is 0 Å². The summed E-state index contributed by atoms with van der Waals surface area (Å²) in [7, 11) is 0. The molecule has 11 heteroatoms. The molecule has 3 rings (SSSR count). The monoisotopic (exact) mass is 464 g/mol. The highest BCUT2D eigenvalue weighted by Gasteiger charge is 2.36. The number of fused-ring (bicyclic) bond motifs is 1. The third-order valence-electron chi connectivity index (χ3n) is 3.95. The number of amides is 1. The first-order chi connectivity index (χ1) is 13.6. The molecule has 0 spiro atoms. The van der Waals surface area contributed by atoms with Gasteiger partial charge >= 0.3 is 12.1 Å². The summed E-state index contributed by atoms with van der Waals surface area (Å²) < 4.78 is 38.9. The Morgan fingerprint density at radius 1 is 1.17 bits per heavy atom. The Bertz CT molecular complexity index is 1010.